The van der Waals surface area contributed by atoms with Crippen molar-refractivity contribution in [3.05, 3.63) is 34.6 Å². The van der Waals surface area contributed by atoms with Gasteiger partial charge in [0.25, 0.3) is 0 Å². The normalized spacial score (nSPS) is 16.8. The van der Waals surface area contributed by atoms with Crippen LogP contribution in [0.4, 0.5) is 4.39 Å². The second-order valence-electron chi connectivity index (χ2n) is 4.99. The zero-order chi connectivity index (χ0) is 13.0. The second kappa shape index (κ2) is 6.50. The first-order valence-corrected chi connectivity index (χ1v) is 6.94. The minimum atomic E-state index is -0.215. The molecule has 1 aliphatic carbocycles. The quantitative estimate of drug-likeness (QED) is 0.796. The maximum Gasteiger partial charge on any atom is 0.127 e. The largest absolute Gasteiger partial charge is 0.313 e. The van der Waals surface area contributed by atoms with Crippen LogP contribution in [0.5, 0.6) is 0 Å². The maximum absolute atomic E-state index is 13.5. The third kappa shape index (κ3) is 4.23. The Kier molecular flexibility index (Phi) is 4.98. The molecule has 1 aromatic rings. The lowest BCUT2D eigenvalue weighted by atomic mass is 10.1. The van der Waals surface area contributed by atoms with Crippen molar-refractivity contribution in [3.8, 4) is 0 Å². The van der Waals surface area contributed by atoms with E-state index in [1.54, 1.807) is 12.1 Å². The van der Waals surface area contributed by atoms with E-state index in [1.165, 1.54) is 18.9 Å². The third-order valence-electron chi connectivity index (χ3n) is 3.22. The molecule has 0 heterocycles. The van der Waals surface area contributed by atoms with Gasteiger partial charge >= 0.3 is 0 Å². The lowest BCUT2D eigenvalue weighted by Crippen LogP contribution is -2.38. The summed E-state index contributed by atoms with van der Waals surface area (Å²) in [4.78, 5) is 0. The molecule has 1 aliphatic rings. The fourth-order valence-corrected chi connectivity index (χ4v) is 2.18. The number of hydrogen-bond donors (Lipinski definition) is 2. The summed E-state index contributed by atoms with van der Waals surface area (Å²) in [6.45, 7) is 3.85. The van der Waals surface area contributed by atoms with Crippen molar-refractivity contribution in [1.29, 1.82) is 0 Å². The lowest BCUT2D eigenvalue weighted by molar-refractivity contribution is 0.499. The van der Waals surface area contributed by atoms with Crippen LogP contribution in [0, 0.1) is 5.82 Å². The van der Waals surface area contributed by atoms with Gasteiger partial charge in [0.2, 0.25) is 0 Å². The molecule has 1 atom stereocenters. The molecule has 0 aromatic heterocycles. The molecular formula is C14H20ClFN2. The first-order valence-electron chi connectivity index (χ1n) is 6.56. The Balaban J connectivity index is 1.70. The summed E-state index contributed by atoms with van der Waals surface area (Å²) in [6.07, 6.45) is 3.23. The highest BCUT2D eigenvalue weighted by atomic mass is 35.5. The Hall–Kier alpha value is -0.640. The van der Waals surface area contributed by atoms with E-state index in [4.69, 9.17) is 11.6 Å². The molecule has 0 amide bonds. The molecule has 2 rings (SSSR count). The van der Waals surface area contributed by atoms with Gasteiger partial charge in [0.1, 0.15) is 5.82 Å². The van der Waals surface area contributed by atoms with Gasteiger partial charge in [-0.2, -0.15) is 0 Å². The van der Waals surface area contributed by atoms with Crippen molar-refractivity contribution in [2.45, 2.75) is 38.3 Å². The SMILES string of the molecule is CC(CNC1CC1)NCCc1c(F)cccc1Cl. The number of benzene rings is 1. The van der Waals surface area contributed by atoms with Crippen molar-refractivity contribution in [2.24, 2.45) is 0 Å². The summed E-state index contributed by atoms with van der Waals surface area (Å²) in [7, 11) is 0. The summed E-state index contributed by atoms with van der Waals surface area (Å²) in [6, 6.07) is 5.96. The van der Waals surface area contributed by atoms with Crippen LogP contribution < -0.4 is 10.6 Å². The number of rotatable bonds is 7. The minimum absolute atomic E-state index is 0.215. The van der Waals surface area contributed by atoms with Gasteiger partial charge in [0.05, 0.1) is 0 Å². The van der Waals surface area contributed by atoms with E-state index in [2.05, 4.69) is 17.6 Å². The molecule has 4 heteroatoms. The van der Waals surface area contributed by atoms with Gasteiger partial charge in [-0.25, -0.2) is 4.39 Å². The Morgan fingerprint density at radius 2 is 2.22 bits per heavy atom. The van der Waals surface area contributed by atoms with Crippen molar-refractivity contribution in [1.82, 2.24) is 10.6 Å². The highest BCUT2D eigenvalue weighted by Gasteiger charge is 2.20. The lowest BCUT2D eigenvalue weighted by Gasteiger charge is -2.15. The van der Waals surface area contributed by atoms with E-state index in [1.807, 2.05) is 0 Å². The number of nitrogens with one attached hydrogen (secondary N) is 2. The maximum atomic E-state index is 13.5. The Morgan fingerprint density at radius 3 is 2.89 bits per heavy atom. The van der Waals surface area contributed by atoms with Crippen LogP contribution in [-0.4, -0.2) is 25.2 Å². The second-order valence-corrected chi connectivity index (χ2v) is 5.40. The van der Waals surface area contributed by atoms with Gasteiger partial charge in [-0.3, -0.25) is 0 Å². The summed E-state index contributed by atoms with van der Waals surface area (Å²) >= 11 is 5.98. The average molecular weight is 271 g/mol. The molecule has 100 valence electrons. The summed E-state index contributed by atoms with van der Waals surface area (Å²) < 4.78 is 13.5. The van der Waals surface area contributed by atoms with Crippen molar-refractivity contribution in [2.75, 3.05) is 13.1 Å². The monoisotopic (exact) mass is 270 g/mol. The topological polar surface area (TPSA) is 24.1 Å². The smallest absolute Gasteiger partial charge is 0.127 e. The van der Waals surface area contributed by atoms with Crippen LogP contribution >= 0.6 is 11.6 Å². The van der Waals surface area contributed by atoms with Gasteiger partial charge in [-0.05, 0) is 44.9 Å². The Labute approximate surface area is 113 Å². The van der Waals surface area contributed by atoms with Crippen molar-refractivity contribution < 1.29 is 4.39 Å². The Bertz CT molecular complexity index is 373. The van der Waals surface area contributed by atoms with E-state index in [0.717, 1.165) is 19.1 Å². The summed E-state index contributed by atoms with van der Waals surface area (Å²) in [5, 5.41) is 7.36. The van der Waals surface area contributed by atoms with Crippen LogP contribution in [0.25, 0.3) is 0 Å². The highest BCUT2D eigenvalue weighted by Crippen LogP contribution is 2.19. The standard InChI is InChI=1S/C14H20ClFN2/c1-10(9-18-11-5-6-11)17-8-7-12-13(15)3-2-4-14(12)16/h2-4,10-11,17-18H,5-9H2,1H3. The predicted octanol–water partition coefficient (Wildman–Crippen LogP) is 2.75. The fourth-order valence-electron chi connectivity index (χ4n) is 1.92. The molecule has 0 spiro atoms. The molecule has 0 aliphatic heterocycles. The van der Waals surface area contributed by atoms with E-state index in [-0.39, 0.29) is 5.82 Å². The first kappa shape index (κ1) is 13.8. The van der Waals surface area contributed by atoms with Gasteiger partial charge in [0, 0.05) is 29.2 Å². The third-order valence-corrected chi connectivity index (χ3v) is 3.57. The first-order chi connectivity index (χ1) is 8.66. The molecule has 18 heavy (non-hydrogen) atoms. The van der Waals surface area contributed by atoms with E-state index < -0.39 is 0 Å². The van der Waals surface area contributed by atoms with Gasteiger partial charge in [-0.15, -0.1) is 0 Å². The van der Waals surface area contributed by atoms with Crippen LogP contribution in [0.1, 0.15) is 25.3 Å². The molecule has 2 N–H and O–H groups in total. The average Bonchev–Trinajstić information content (AvgIpc) is 3.14. The number of halogens is 2. The molecule has 2 nitrogen and oxygen atoms in total. The molecule has 1 saturated carbocycles. The van der Waals surface area contributed by atoms with E-state index >= 15 is 0 Å². The van der Waals surface area contributed by atoms with E-state index in [0.29, 0.717) is 23.0 Å². The predicted molar refractivity (Wildman–Crippen MR) is 73.6 cm³/mol. The Morgan fingerprint density at radius 1 is 1.44 bits per heavy atom. The van der Waals surface area contributed by atoms with Crippen molar-refractivity contribution in [3.63, 3.8) is 0 Å². The molecular weight excluding hydrogens is 251 g/mol. The molecule has 1 fully saturated rings. The van der Waals surface area contributed by atoms with Gasteiger partial charge in [0.15, 0.2) is 0 Å². The molecule has 1 aromatic carbocycles. The van der Waals surface area contributed by atoms with Crippen LogP contribution in [0.15, 0.2) is 18.2 Å². The minimum Gasteiger partial charge on any atom is -0.313 e. The molecule has 0 saturated heterocycles. The van der Waals surface area contributed by atoms with Crippen LogP contribution in [0.3, 0.4) is 0 Å². The van der Waals surface area contributed by atoms with E-state index in [9.17, 15) is 4.39 Å². The molecule has 0 radical (unpaired) electrons. The summed E-state index contributed by atoms with van der Waals surface area (Å²) in [5.41, 5.74) is 0.606. The van der Waals surface area contributed by atoms with Gasteiger partial charge in [-0.1, -0.05) is 17.7 Å². The zero-order valence-corrected chi connectivity index (χ0v) is 11.4. The number of hydrogen-bond acceptors (Lipinski definition) is 2. The van der Waals surface area contributed by atoms with Crippen LogP contribution in [-0.2, 0) is 6.42 Å². The zero-order valence-electron chi connectivity index (χ0n) is 10.7. The fraction of sp³-hybridized carbons (Fsp3) is 0.571. The molecule has 0 bridgehead atoms. The van der Waals surface area contributed by atoms with Gasteiger partial charge < -0.3 is 10.6 Å². The van der Waals surface area contributed by atoms with Crippen molar-refractivity contribution >= 4 is 11.6 Å². The highest BCUT2D eigenvalue weighted by molar-refractivity contribution is 6.31. The summed E-state index contributed by atoms with van der Waals surface area (Å²) in [5.74, 6) is -0.215. The molecule has 1 unspecified atom stereocenters. The van der Waals surface area contributed by atoms with Crippen LogP contribution in [0.2, 0.25) is 5.02 Å².